The molecule has 0 spiro atoms. The average Bonchev–Trinajstić information content (AvgIpc) is 3.12. The highest BCUT2D eigenvalue weighted by Crippen LogP contribution is 2.35. The molecule has 1 aliphatic rings. The molecule has 0 radical (unpaired) electrons. The normalized spacial score (nSPS) is 16.7. The molecule has 2 heterocycles. The Morgan fingerprint density at radius 3 is 2.76 bits per heavy atom. The van der Waals surface area contributed by atoms with E-state index < -0.39 is 17.8 Å². The molecule has 1 unspecified atom stereocenters. The molecule has 2 N–H and O–H groups in total. The Hall–Kier alpha value is -2.97. The quantitative estimate of drug-likeness (QED) is 0.696. The SMILES string of the molecule is NC(=O)C1CN(C(=O)c2sc3cccc(F)c3c2COc2ccccc2)CCO1. The van der Waals surface area contributed by atoms with Crippen LogP contribution in [0.2, 0.25) is 0 Å². The fourth-order valence-electron chi connectivity index (χ4n) is 3.30. The Labute approximate surface area is 170 Å². The number of nitrogens with zero attached hydrogens (tertiary/aromatic N) is 1. The van der Waals surface area contributed by atoms with E-state index in [2.05, 4.69) is 0 Å². The van der Waals surface area contributed by atoms with Gasteiger partial charge in [0.15, 0.2) is 6.10 Å². The van der Waals surface area contributed by atoms with Gasteiger partial charge in [-0.1, -0.05) is 24.3 Å². The maximum atomic E-state index is 14.6. The summed E-state index contributed by atoms with van der Waals surface area (Å²) in [6.07, 6.45) is -0.845. The minimum atomic E-state index is -0.845. The lowest BCUT2D eigenvalue weighted by molar-refractivity contribution is -0.133. The molecule has 150 valence electrons. The van der Waals surface area contributed by atoms with Crippen LogP contribution in [0.3, 0.4) is 0 Å². The molecule has 1 aliphatic heterocycles. The molecule has 1 fully saturated rings. The first-order valence-corrected chi connectivity index (χ1v) is 9.94. The predicted octanol–water partition coefficient (Wildman–Crippen LogP) is 2.95. The lowest BCUT2D eigenvalue weighted by Gasteiger charge is -2.31. The van der Waals surface area contributed by atoms with E-state index in [1.807, 2.05) is 18.2 Å². The second-order valence-corrected chi connectivity index (χ2v) is 7.69. The number of hydrogen-bond acceptors (Lipinski definition) is 5. The maximum absolute atomic E-state index is 14.6. The topological polar surface area (TPSA) is 81.9 Å². The highest BCUT2D eigenvalue weighted by molar-refractivity contribution is 7.21. The van der Waals surface area contributed by atoms with Crippen molar-refractivity contribution in [3.05, 3.63) is 64.8 Å². The number of hydrogen-bond donors (Lipinski definition) is 1. The van der Waals surface area contributed by atoms with E-state index in [0.29, 0.717) is 32.8 Å². The number of carbonyl (C=O) groups excluding carboxylic acids is 2. The fraction of sp³-hybridized carbons (Fsp3) is 0.238. The maximum Gasteiger partial charge on any atom is 0.264 e. The number of fused-ring (bicyclic) bond motifs is 1. The van der Waals surface area contributed by atoms with Crippen molar-refractivity contribution >= 4 is 33.2 Å². The summed E-state index contributed by atoms with van der Waals surface area (Å²) in [6, 6.07) is 13.9. The molecular weight excluding hydrogens is 395 g/mol. The largest absolute Gasteiger partial charge is 0.489 e. The summed E-state index contributed by atoms with van der Waals surface area (Å²) in [7, 11) is 0. The van der Waals surface area contributed by atoms with Gasteiger partial charge in [-0.15, -0.1) is 11.3 Å². The third-order valence-electron chi connectivity index (χ3n) is 4.75. The van der Waals surface area contributed by atoms with Gasteiger partial charge in [-0.2, -0.15) is 0 Å². The minimum absolute atomic E-state index is 0.0512. The van der Waals surface area contributed by atoms with Crippen LogP contribution in [0, 0.1) is 5.82 Å². The van der Waals surface area contributed by atoms with Gasteiger partial charge in [0.25, 0.3) is 5.91 Å². The molecule has 1 saturated heterocycles. The van der Waals surface area contributed by atoms with Gasteiger partial charge in [0.05, 0.1) is 18.0 Å². The Balaban J connectivity index is 1.68. The highest BCUT2D eigenvalue weighted by Gasteiger charge is 2.31. The predicted molar refractivity (Wildman–Crippen MR) is 107 cm³/mol. The van der Waals surface area contributed by atoms with Crippen LogP contribution in [0.25, 0.3) is 10.1 Å². The van der Waals surface area contributed by atoms with E-state index in [-0.39, 0.29) is 25.7 Å². The molecule has 6 nitrogen and oxygen atoms in total. The summed E-state index contributed by atoms with van der Waals surface area (Å²) in [5.74, 6) is -0.674. The van der Waals surface area contributed by atoms with Gasteiger partial charge in [-0.3, -0.25) is 9.59 Å². The van der Waals surface area contributed by atoms with Gasteiger partial charge in [0, 0.05) is 22.2 Å². The van der Waals surface area contributed by atoms with E-state index >= 15 is 0 Å². The number of morpholine rings is 1. The van der Waals surface area contributed by atoms with Gasteiger partial charge >= 0.3 is 0 Å². The lowest BCUT2D eigenvalue weighted by atomic mass is 10.1. The summed E-state index contributed by atoms with van der Waals surface area (Å²) < 4.78 is 26.4. The fourth-order valence-corrected chi connectivity index (χ4v) is 4.49. The minimum Gasteiger partial charge on any atom is -0.489 e. The van der Waals surface area contributed by atoms with E-state index in [1.54, 1.807) is 24.3 Å². The van der Waals surface area contributed by atoms with E-state index in [0.717, 1.165) is 0 Å². The first-order chi connectivity index (χ1) is 14.0. The van der Waals surface area contributed by atoms with Crippen molar-refractivity contribution in [3.63, 3.8) is 0 Å². The third-order valence-corrected chi connectivity index (χ3v) is 5.94. The van der Waals surface area contributed by atoms with Crippen LogP contribution in [0.1, 0.15) is 15.2 Å². The van der Waals surface area contributed by atoms with Crippen molar-refractivity contribution < 1.29 is 23.5 Å². The molecule has 3 aromatic rings. The zero-order valence-electron chi connectivity index (χ0n) is 15.5. The van der Waals surface area contributed by atoms with Gasteiger partial charge in [0.1, 0.15) is 18.2 Å². The van der Waals surface area contributed by atoms with Crippen LogP contribution in [-0.4, -0.2) is 42.5 Å². The smallest absolute Gasteiger partial charge is 0.264 e. The number of nitrogens with two attached hydrogens (primary N) is 1. The molecule has 1 atom stereocenters. The highest BCUT2D eigenvalue weighted by atomic mass is 32.1. The molecule has 2 amide bonds. The van der Waals surface area contributed by atoms with Gasteiger partial charge in [0.2, 0.25) is 5.91 Å². The van der Waals surface area contributed by atoms with Gasteiger partial charge in [-0.25, -0.2) is 4.39 Å². The molecule has 8 heteroatoms. The first kappa shape index (κ1) is 19.4. The van der Waals surface area contributed by atoms with Crippen molar-refractivity contribution in [2.45, 2.75) is 12.7 Å². The van der Waals surface area contributed by atoms with Crippen molar-refractivity contribution in [3.8, 4) is 5.75 Å². The molecule has 0 bridgehead atoms. The van der Waals surface area contributed by atoms with Gasteiger partial charge < -0.3 is 20.1 Å². The Bertz CT molecular complexity index is 1050. The Morgan fingerprint density at radius 1 is 1.21 bits per heavy atom. The van der Waals surface area contributed by atoms with E-state index in [1.165, 1.54) is 22.3 Å². The van der Waals surface area contributed by atoms with Gasteiger partial charge in [-0.05, 0) is 24.3 Å². The molecular formula is C21H19FN2O4S. The lowest BCUT2D eigenvalue weighted by Crippen LogP contribution is -2.50. The zero-order chi connectivity index (χ0) is 20.4. The van der Waals surface area contributed by atoms with Crippen LogP contribution in [0.15, 0.2) is 48.5 Å². The summed E-state index contributed by atoms with van der Waals surface area (Å²) in [6.45, 7) is 0.673. The molecule has 0 aliphatic carbocycles. The van der Waals surface area contributed by atoms with E-state index in [4.69, 9.17) is 15.2 Å². The van der Waals surface area contributed by atoms with Crippen LogP contribution < -0.4 is 10.5 Å². The monoisotopic (exact) mass is 414 g/mol. The summed E-state index contributed by atoms with van der Waals surface area (Å²) >= 11 is 1.22. The number of thiophene rings is 1. The second-order valence-electron chi connectivity index (χ2n) is 6.64. The Kier molecular flexibility index (Phi) is 5.46. The zero-order valence-corrected chi connectivity index (χ0v) is 16.3. The van der Waals surface area contributed by atoms with Crippen molar-refractivity contribution in [1.82, 2.24) is 4.90 Å². The number of primary amides is 1. The Morgan fingerprint density at radius 2 is 2.00 bits per heavy atom. The summed E-state index contributed by atoms with van der Waals surface area (Å²) in [5, 5.41) is 0.386. The standard InChI is InChI=1S/C21H19FN2O4S/c22-15-7-4-8-17-18(15)14(12-28-13-5-2-1-3-6-13)19(29-17)21(26)24-9-10-27-16(11-24)20(23)25/h1-8,16H,9-12H2,(H2,23,25). The first-order valence-electron chi connectivity index (χ1n) is 9.12. The number of rotatable bonds is 5. The van der Waals surface area contributed by atoms with Crippen molar-refractivity contribution in [1.29, 1.82) is 0 Å². The number of halogens is 1. The molecule has 0 saturated carbocycles. The van der Waals surface area contributed by atoms with Crippen LogP contribution in [0.4, 0.5) is 4.39 Å². The average molecular weight is 414 g/mol. The number of benzene rings is 2. The number of para-hydroxylation sites is 1. The number of carbonyl (C=O) groups is 2. The van der Waals surface area contributed by atoms with Crippen molar-refractivity contribution in [2.24, 2.45) is 5.73 Å². The molecule has 1 aromatic heterocycles. The molecule has 2 aromatic carbocycles. The van der Waals surface area contributed by atoms with Crippen LogP contribution in [0.5, 0.6) is 5.75 Å². The molecule has 29 heavy (non-hydrogen) atoms. The van der Waals surface area contributed by atoms with E-state index in [9.17, 15) is 14.0 Å². The number of amides is 2. The van der Waals surface area contributed by atoms with Crippen LogP contribution in [-0.2, 0) is 16.1 Å². The third kappa shape index (κ3) is 3.94. The summed E-state index contributed by atoms with van der Waals surface area (Å²) in [4.78, 5) is 26.6. The van der Waals surface area contributed by atoms with Crippen molar-refractivity contribution in [2.75, 3.05) is 19.7 Å². The van der Waals surface area contributed by atoms with Crippen LogP contribution >= 0.6 is 11.3 Å². The molecule has 4 rings (SSSR count). The second kappa shape index (κ2) is 8.18. The summed E-state index contributed by atoms with van der Waals surface area (Å²) in [5.41, 5.74) is 5.82. The number of ether oxygens (including phenoxy) is 2.